The number of halogens is 2. The number of nitrogens with two attached hydrogens (primary N) is 1. The molecule has 3 nitrogen and oxygen atoms in total. The summed E-state index contributed by atoms with van der Waals surface area (Å²) in [6.07, 6.45) is 6.07. The molecule has 1 aliphatic carbocycles. The lowest BCUT2D eigenvalue weighted by atomic mass is 9.74. The van der Waals surface area contributed by atoms with Crippen molar-refractivity contribution in [1.29, 1.82) is 0 Å². The van der Waals surface area contributed by atoms with Gasteiger partial charge in [-0.15, -0.1) is 0 Å². The van der Waals surface area contributed by atoms with Crippen molar-refractivity contribution < 1.29 is 9.52 Å². The summed E-state index contributed by atoms with van der Waals surface area (Å²) in [6, 6.07) is 1.83. The van der Waals surface area contributed by atoms with Gasteiger partial charge in [-0.3, -0.25) is 0 Å². The first-order chi connectivity index (χ1) is 8.59. The molecule has 2 rings (SSSR count). The van der Waals surface area contributed by atoms with E-state index in [1.807, 2.05) is 6.07 Å². The number of hydrogen-bond donors (Lipinski definition) is 2. The first kappa shape index (κ1) is 14.6. The minimum Gasteiger partial charge on any atom is -0.450 e. The minimum absolute atomic E-state index is 0.229. The Morgan fingerprint density at radius 3 is 2.33 bits per heavy atom. The topological polar surface area (TPSA) is 59.4 Å². The summed E-state index contributed by atoms with van der Waals surface area (Å²) in [7, 11) is 0. The second-order valence-corrected chi connectivity index (χ2v) is 6.73. The quantitative estimate of drug-likeness (QED) is 0.774. The molecule has 102 valence electrons. The zero-order valence-corrected chi connectivity index (χ0v) is 13.5. The average molecular weight is 381 g/mol. The fraction of sp³-hybridized carbons (Fsp3) is 0.692. The highest BCUT2D eigenvalue weighted by Crippen LogP contribution is 2.45. The van der Waals surface area contributed by atoms with Crippen LogP contribution in [-0.4, -0.2) is 11.7 Å². The fourth-order valence-corrected chi connectivity index (χ4v) is 3.43. The van der Waals surface area contributed by atoms with Crippen molar-refractivity contribution >= 4 is 31.9 Å². The first-order valence-corrected chi connectivity index (χ1v) is 8.00. The van der Waals surface area contributed by atoms with E-state index in [1.165, 1.54) is 12.8 Å². The van der Waals surface area contributed by atoms with E-state index in [2.05, 4.69) is 31.9 Å². The second-order valence-electron chi connectivity index (χ2n) is 5.15. The number of aliphatic hydroxyl groups is 1. The molecule has 0 aliphatic heterocycles. The van der Waals surface area contributed by atoms with Gasteiger partial charge in [0.25, 0.3) is 0 Å². The van der Waals surface area contributed by atoms with Crippen molar-refractivity contribution in [2.24, 2.45) is 11.1 Å². The number of rotatable bonds is 3. The maximum absolute atomic E-state index is 10.6. The van der Waals surface area contributed by atoms with Gasteiger partial charge >= 0.3 is 0 Å². The summed E-state index contributed by atoms with van der Waals surface area (Å²) in [5.41, 5.74) is 5.74. The third kappa shape index (κ3) is 2.84. The predicted octanol–water partition coefficient (Wildman–Crippen LogP) is 4.14. The van der Waals surface area contributed by atoms with E-state index in [1.54, 1.807) is 0 Å². The summed E-state index contributed by atoms with van der Waals surface area (Å²) >= 11 is 6.69. The lowest BCUT2D eigenvalue weighted by Gasteiger charge is -2.35. The molecule has 18 heavy (non-hydrogen) atoms. The molecular formula is C13H19Br2NO2. The number of aliphatic hydroxyl groups excluding tert-OH is 1. The molecule has 1 saturated carbocycles. The average Bonchev–Trinajstić information content (AvgIpc) is 2.59. The Labute approximate surface area is 124 Å². The van der Waals surface area contributed by atoms with Crippen molar-refractivity contribution in [2.75, 3.05) is 6.54 Å². The van der Waals surface area contributed by atoms with Crippen molar-refractivity contribution in [3.8, 4) is 0 Å². The summed E-state index contributed by atoms with van der Waals surface area (Å²) in [6.45, 7) is 0.504. The van der Waals surface area contributed by atoms with Crippen LogP contribution in [-0.2, 0) is 0 Å². The smallest absolute Gasteiger partial charge is 0.183 e. The summed E-state index contributed by atoms with van der Waals surface area (Å²) in [5, 5.41) is 10.6. The fourth-order valence-electron chi connectivity index (χ4n) is 2.82. The number of furan rings is 1. The highest BCUT2D eigenvalue weighted by Gasteiger charge is 2.39. The predicted molar refractivity (Wildman–Crippen MR) is 78.3 cm³/mol. The standard InChI is InChI=1S/C13H19Br2NO2/c14-9-7-10(18-12(9)15)11(17)13(8-16)5-3-1-2-4-6-13/h7,11,17H,1-6,8,16H2. The molecule has 0 radical (unpaired) electrons. The molecule has 0 amide bonds. The van der Waals surface area contributed by atoms with Gasteiger partial charge in [-0.25, -0.2) is 0 Å². The van der Waals surface area contributed by atoms with Crippen molar-refractivity contribution in [1.82, 2.24) is 0 Å². The molecule has 0 aromatic carbocycles. The SMILES string of the molecule is NCC1(C(O)c2cc(Br)c(Br)o2)CCCCCC1. The Morgan fingerprint density at radius 1 is 1.28 bits per heavy atom. The summed E-state index contributed by atoms with van der Waals surface area (Å²) in [4.78, 5) is 0. The van der Waals surface area contributed by atoms with E-state index in [9.17, 15) is 5.11 Å². The van der Waals surface area contributed by atoms with Gasteiger partial charge in [0, 0.05) is 12.0 Å². The van der Waals surface area contributed by atoms with E-state index in [0.717, 1.165) is 30.2 Å². The molecular weight excluding hydrogens is 362 g/mol. The van der Waals surface area contributed by atoms with Crippen LogP contribution in [0.15, 0.2) is 19.6 Å². The Bertz CT molecular complexity index is 378. The molecule has 1 unspecified atom stereocenters. The van der Waals surface area contributed by atoms with E-state index in [0.29, 0.717) is 17.0 Å². The van der Waals surface area contributed by atoms with Crippen LogP contribution in [0.1, 0.15) is 50.4 Å². The van der Waals surface area contributed by atoms with Crippen LogP contribution in [0, 0.1) is 5.41 Å². The van der Waals surface area contributed by atoms with Gasteiger partial charge < -0.3 is 15.3 Å². The lowest BCUT2D eigenvalue weighted by molar-refractivity contribution is 0.000771. The molecule has 3 N–H and O–H groups in total. The van der Waals surface area contributed by atoms with Crippen LogP contribution in [0.5, 0.6) is 0 Å². The van der Waals surface area contributed by atoms with Crippen LogP contribution in [0.2, 0.25) is 0 Å². The molecule has 1 atom stereocenters. The second kappa shape index (κ2) is 6.07. The van der Waals surface area contributed by atoms with Crippen LogP contribution in [0.4, 0.5) is 0 Å². The van der Waals surface area contributed by atoms with Crippen LogP contribution in [0.25, 0.3) is 0 Å². The highest BCUT2D eigenvalue weighted by molar-refractivity contribution is 9.13. The molecule has 0 spiro atoms. The normalized spacial score (nSPS) is 21.6. The largest absolute Gasteiger partial charge is 0.450 e. The molecule has 5 heteroatoms. The number of hydrogen-bond acceptors (Lipinski definition) is 3. The molecule has 0 saturated heterocycles. The van der Waals surface area contributed by atoms with E-state index < -0.39 is 6.10 Å². The molecule has 1 heterocycles. The van der Waals surface area contributed by atoms with Gasteiger partial charge in [0.1, 0.15) is 11.9 Å². The van der Waals surface area contributed by atoms with Gasteiger partial charge in [-0.1, -0.05) is 25.7 Å². The zero-order valence-electron chi connectivity index (χ0n) is 10.3. The molecule has 1 aliphatic rings. The lowest BCUT2D eigenvalue weighted by Crippen LogP contribution is -2.36. The molecule has 1 aromatic heterocycles. The molecule has 1 fully saturated rings. The Morgan fingerprint density at radius 2 is 1.89 bits per heavy atom. The van der Waals surface area contributed by atoms with Gasteiger partial charge in [0.2, 0.25) is 0 Å². The third-order valence-electron chi connectivity index (χ3n) is 4.02. The molecule has 0 bridgehead atoms. The maximum atomic E-state index is 10.6. The van der Waals surface area contributed by atoms with Gasteiger partial charge in [-0.2, -0.15) is 0 Å². The zero-order chi connectivity index (χ0) is 13.2. The minimum atomic E-state index is -0.622. The van der Waals surface area contributed by atoms with Crippen molar-refractivity contribution in [3.05, 3.63) is 21.0 Å². The Balaban J connectivity index is 2.25. The monoisotopic (exact) mass is 379 g/mol. The van der Waals surface area contributed by atoms with E-state index >= 15 is 0 Å². The maximum Gasteiger partial charge on any atom is 0.183 e. The van der Waals surface area contributed by atoms with Crippen molar-refractivity contribution in [3.63, 3.8) is 0 Å². The Hall–Kier alpha value is 0.160. The van der Waals surface area contributed by atoms with Gasteiger partial charge in [-0.05, 0) is 50.8 Å². The Kier molecular flexibility index (Phi) is 4.92. The first-order valence-electron chi connectivity index (χ1n) is 6.42. The van der Waals surface area contributed by atoms with Crippen LogP contribution >= 0.6 is 31.9 Å². The summed E-state index contributed by atoms with van der Waals surface area (Å²) in [5.74, 6) is 0.598. The molecule has 1 aromatic rings. The van der Waals surface area contributed by atoms with Gasteiger partial charge in [0.05, 0.1) is 4.47 Å². The van der Waals surface area contributed by atoms with Gasteiger partial charge in [0.15, 0.2) is 4.67 Å². The summed E-state index contributed by atoms with van der Waals surface area (Å²) < 4.78 is 7.01. The van der Waals surface area contributed by atoms with E-state index in [-0.39, 0.29) is 5.41 Å². The van der Waals surface area contributed by atoms with Crippen molar-refractivity contribution in [2.45, 2.75) is 44.6 Å². The van der Waals surface area contributed by atoms with Crippen LogP contribution < -0.4 is 5.73 Å². The third-order valence-corrected chi connectivity index (χ3v) is 5.73. The highest BCUT2D eigenvalue weighted by atomic mass is 79.9. The van der Waals surface area contributed by atoms with E-state index in [4.69, 9.17) is 10.2 Å². The van der Waals surface area contributed by atoms with Crippen LogP contribution in [0.3, 0.4) is 0 Å².